The minimum Gasteiger partial charge on any atom is -0.449 e. The van der Waals surface area contributed by atoms with Crippen LogP contribution in [0.1, 0.15) is 72.3 Å². The van der Waals surface area contributed by atoms with E-state index in [-0.39, 0.29) is 6.09 Å². The summed E-state index contributed by atoms with van der Waals surface area (Å²) >= 11 is 0. The van der Waals surface area contributed by atoms with Gasteiger partial charge in [-0.15, -0.1) is 0 Å². The molecule has 0 bridgehead atoms. The quantitative estimate of drug-likeness (QED) is 0.400. The van der Waals surface area contributed by atoms with E-state index in [0.717, 1.165) is 50.0 Å². The third-order valence-electron chi connectivity index (χ3n) is 7.42. The second-order valence-corrected chi connectivity index (χ2v) is 9.51. The molecule has 2 heterocycles. The Morgan fingerprint density at radius 3 is 2.24 bits per heavy atom. The van der Waals surface area contributed by atoms with Crippen LogP contribution in [0.4, 0.5) is 16.2 Å². The first kappa shape index (κ1) is 22.5. The lowest BCUT2D eigenvalue weighted by Gasteiger charge is -2.44. The molecule has 4 heteroatoms. The molecule has 0 aliphatic carbocycles. The minimum atomic E-state index is -0.361. The van der Waals surface area contributed by atoms with Crippen LogP contribution in [0.5, 0.6) is 0 Å². The lowest BCUT2D eigenvalue weighted by molar-refractivity contribution is 0.160. The SMILES string of the molecule is CCCCOC(=O)Nc1cc2c3c(c1C)C(c1ccccc1)CCN3CCC2c1ccccc1. The van der Waals surface area contributed by atoms with Crippen LogP contribution in [0.2, 0.25) is 0 Å². The molecule has 34 heavy (non-hydrogen) atoms. The predicted octanol–water partition coefficient (Wildman–Crippen LogP) is 7.22. The summed E-state index contributed by atoms with van der Waals surface area (Å²) in [5.74, 6) is 0.636. The number of amides is 1. The maximum Gasteiger partial charge on any atom is 0.411 e. The maximum absolute atomic E-state index is 12.6. The van der Waals surface area contributed by atoms with Crippen molar-refractivity contribution in [2.24, 2.45) is 0 Å². The van der Waals surface area contributed by atoms with Gasteiger partial charge in [0.1, 0.15) is 0 Å². The summed E-state index contributed by atoms with van der Waals surface area (Å²) in [4.78, 5) is 15.2. The van der Waals surface area contributed by atoms with Crippen LogP contribution in [0.3, 0.4) is 0 Å². The molecule has 4 nitrogen and oxygen atoms in total. The zero-order chi connectivity index (χ0) is 23.5. The van der Waals surface area contributed by atoms with Gasteiger partial charge < -0.3 is 9.64 Å². The summed E-state index contributed by atoms with van der Waals surface area (Å²) in [6.07, 6.45) is 3.68. The molecular formula is C30H34N2O2. The smallest absolute Gasteiger partial charge is 0.411 e. The standard InChI is InChI=1S/C30H34N2O2/c1-3-4-19-34-30(33)31-27-20-26-24(22-11-7-5-8-12-22)15-17-32-18-16-25(23-13-9-6-10-14-23)28(21(27)2)29(26)32/h5-14,20,24-25H,3-4,15-19H2,1-2H3,(H,31,33). The molecular weight excluding hydrogens is 420 g/mol. The molecule has 176 valence electrons. The van der Waals surface area contributed by atoms with Gasteiger partial charge in [0.25, 0.3) is 0 Å². The summed E-state index contributed by atoms with van der Waals surface area (Å²) in [6, 6.07) is 23.8. The van der Waals surface area contributed by atoms with Crippen molar-refractivity contribution in [2.45, 2.75) is 51.4 Å². The highest BCUT2D eigenvalue weighted by Gasteiger charge is 2.36. The second kappa shape index (κ2) is 9.92. The van der Waals surface area contributed by atoms with Gasteiger partial charge in [0.05, 0.1) is 6.61 Å². The van der Waals surface area contributed by atoms with E-state index in [1.165, 1.54) is 27.9 Å². The highest BCUT2D eigenvalue weighted by molar-refractivity contribution is 5.88. The highest BCUT2D eigenvalue weighted by Crippen LogP contribution is 2.51. The number of rotatable bonds is 6. The van der Waals surface area contributed by atoms with E-state index < -0.39 is 0 Å². The van der Waals surface area contributed by atoms with Crippen molar-refractivity contribution in [3.63, 3.8) is 0 Å². The van der Waals surface area contributed by atoms with Crippen LogP contribution >= 0.6 is 0 Å². The summed E-state index contributed by atoms with van der Waals surface area (Å²) in [5, 5.41) is 3.10. The van der Waals surface area contributed by atoms with Crippen molar-refractivity contribution in [3.8, 4) is 0 Å². The number of hydrogen-bond acceptors (Lipinski definition) is 3. The number of hydrogen-bond donors (Lipinski definition) is 1. The zero-order valence-corrected chi connectivity index (χ0v) is 20.2. The van der Waals surface area contributed by atoms with Crippen molar-refractivity contribution in [1.82, 2.24) is 0 Å². The molecule has 3 aromatic carbocycles. The Kier molecular flexibility index (Phi) is 6.57. The van der Waals surface area contributed by atoms with Crippen LogP contribution < -0.4 is 10.2 Å². The van der Waals surface area contributed by atoms with E-state index in [9.17, 15) is 4.79 Å². The Balaban J connectivity index is 1.63. The van der Waals surface area contributed by atoms with E-state index >= 15 is 0 Å². The Bertz CT molecular complexity index is 1140. The van der Waals surface area contributed by atoms with Gasteiger partial charge in [-0.2, -0.15) is 0 Å². The molecule has 3 aromatic rings. The van der Waals surface area contributed by atoms with Crippen LogP contribution in [0, 0.1) is 6.92 Å². The molecule has 1 amide bonds. The van der Waals surface area contributed by atoms with Gasteiger partial charge in [0.15, 0.2) is 0 Å². The fourth-order valence-electron chi connectivity index (χ4n) is 5.70. The van der Waals surface area contributed by atoms with Gasteiger partial charge in [-0.05, 0) is 60.1 Å². The first-order valence-corrected chi connectivity index (χ1v) is 12.6. The molecule has 2 atom stereocenters. The first-order valence-electron chi connectivity index (χ1n) is 12.6. The van der Waals surface area contributed by atoms with Crippen molar-refractivity contribution < 1.29 is 9.53 Å². The lowest BCUT2D eigenvalue weighted by Crippen LogP contribution is -2.38. The van der Waals surface area contributed by atoms with Crippen LogP contribution in [0.15, 0.2) is 66.7 Å². The van der Waals surface area contributed by atoms with E-state index in [1.54, 1.807) is 0 Å². The molecule has 0 radical (unpaired) electrons. The van der Waals surface area contributed by atoms with Crippen LogP contribution in [-0.2, 0) is 4.74 Å². The summed E-state index contributed by atoms with van der Waals surface area (Å²) in [7, 11) is 0. The maximum atomic E-state index is 12.6. The number of anilines is 2. The summed E-state index contributed by atoms with van der Waals surface area (Å²) in [5.41, 5.74) is 8.77. The number of unbranched alkanes of at least 4 members (excludes halogenated alkanes) is 1. The third-order valence-corrected chi connectivity index (χ3v) is 7.42. The number of nitrogens with one attached hydrogen (secondary N) is 1. The number of benzene rings is 3. The van der Waals surface area contributed by atoms with Crippen molar-refractivity contribution in [3.05, 3.63) is 94.5 Å². The molecule has 0 fully saturated rings. The number of ether oxygens (including phenoxy) is 1. The summed E-state index contributed by atoms with van der Waals surface area (Å²) in [6.45, 7) is 6.83. The normalized spacial score (nSPS) is 18.8. The Morgan fingerprint density at radius 2 is 1.59 bits per heavy atom. The predicted molar refractivity (Wildman–Crippen MR) is 139 cm³/mol. The third kappa shape index (κ3) is 4.29. The second-order valence-electron chi connectivity index (χ2n) is 9.51. The van der Waals surface area contributed by atoms with Gasteiger partial charge in [0, 0.05) is 36.3 Å². The van der Waals surface area contributed by atoms with Gasteiger partial charge >= 0.3 is 6.09 Å². The zero-order valence-electron chi connectivity index (χ0n) is 20.2. The molecule has 2 unspecified atom stereocenters. The Morgan fingerprint density at radius 1 is 0.971 bits per heavy atom. The number of carbonyl (C=O) groups is 1. The molecule has 0 spiro atoms. The molecule has 0 saturated heterocycles. The fourth-order valence-corrected chi connectivity index (χ4v) is 5.70. The van der Waals surface area contributed by atoms with Crippen LogP contribution in [0.25, 0.3) is 0 Å². The molecule has 2 aliphatic rings. The molecule has 0 aromatic heterocycles. The lowest BCUT2D eigenvalue weighted by atomic mass is 9.74. The monoisotopic (exact) mass is 454 g/mol. The minimum absolute atomic E-state index is 0.318. The molecule has 1 N–H and O–H groups in total. The fraction of sp³-hybridized carbons (Fsp3) is 0.367. The van der Waals surface area contributed by atoms with Gasteiger partial charge in [-0.1, -0.05) is 74.0 Å². The van der Waals surface area contributed by atoms with Crippen molar-refractivity contribution >= 4 is 17.5 Å². The highest BCUT2D eigenvalue weighted by atomic mass is 16.5. The van der Waals surface area contributed by atoms with E-state index in [1.807, 2.05) is 0 Å². The van der Waals surface area contributed by atoms with Gasteiger partial charge in [0.2, 0.25) is 0 Å². The van der Waals surface area contributed by atoms with E-state index in [2.05, 4.69) is 90.8 Å². The number of carbonyl (C=O) groups excluding carboxylic acids is 1. The average Bonchev–Trinajstić information content (AvgIpc) is 2.88. The van der Waals surface area contributed by atoms with Gasteiger partial charge in [-0.3, -0.25) is 5.32 Å². The molecule has 2 aliphatic heterocycles. The largest absolute Gasteiger partial charge is 0.449 e. The topological polar surface area (TPSA) is 41.6 Å². The molecule has 5 rings (SSSR count). The first-order chi connectivity index (χ1) is 16.7. The number of nitrogens with zero attached hydrogens (tertiary/aromatic N) is 1. The average molecular weight is 455 g/mol. The van der Waals surface area contributed by atoms with E-state index in [0.29, 0.717) is 18.4 Å². The molecule has 0 saturated carbocycles. The van der Waals surface area contributed by atoms with Crippen molar-refractivity contribution in [1.29, 1.82) is 0 Å². The summed E-state index contributed by atoms with van der Waals surface area (Å²) < 4.78 is 5.46. The van der Waals surface area contributed by atoms with Crippen molar-refractivity contribution in [2.75, 3.05) is 29.9 Å². The van der Waals surface area contributed by atoms with Gasteiger partial charge in [-0.25, -0.2) is 4.79 Å². The van der Waals surface area contributed by atoms with Crippen LogP contribution in [-0.4, -0.2) is 25.8 Å². The Labute approximate surface area is 202 Å². The van der Waals surface area contributed by atoms with E-state index in [4.69, 9.17) is 4.74 Å². The Hall–Kier alpha value is -3.27.